The standard InChI is InChI=1S/C22H33N5O3/c1-29-11-12-30-10-8-25-22(28)27-16-19-14-26(15-20(19)17-27)9-2-7-24-21-5-3-18(13-23)4-6-21/h3-6,19-20,24H,2,7-12,14-17H2,1H3,(H,25,28). The van der Waals surface area contributed by atoms with Crippen molar-refractivity contribution in [3.63, 3.8) is 0 Å². The van der Waals surface area contributed by atoms with Crippen molar-refractivity contribution in [3.05, 3.63) is 29.8 Å². The first-order chi connectivity index (χ1) is 14.7. The third-order valence-corrected chi connectivity index (χ3v) is 5.80. The van der Waals surface area contributed by atoms with E-state index in [0.717, 1.165) is 51.4 Å². The van der Waals surface area contributed by atoms with Crippen LogP contribution in [0.15, 0.2) is 24.3 Å². The van der Waals surface area contributed by atoms with E-state index in [1.54, 1.807) is 7.11 Å². The summed E-state index contributed by atoms with van der Waals surface area (Å²) in [5.41, 5.74) is 1.74. The molecule has 0 spiro atoms. The molecule has 8 heteroatoms. The van der Waals surface area contributed by atoms with Crippen molar-refractivity contribution in [2.45, 2.75) is 6.42 Å². The summed E-state index contributed by atoms with van der Waals surface area (Å²) in [5.74, 6) is 1.17. The number of benzene rings is 1. The maximum Gasteiger partial charge on any atom is 0.317 e. The Morgan fingerprint density at radius 3 is 2.50 bits per heavy atom. The van der Waals surface area contributed by atoms with Gasteiger partial charge in [0.1, 0.15) is 0 Å². The number of rotatable bonds is 11. The molecule has 0 aliphatic carbocycles. The number of hydrogen-bond donors (Lipinski definition) is 2. The Bertz CT molecular complexity index is 692. The predicted molar refractivity (Wildman–Crippen MR) is 115 cm³/mol. The molecule has 2 amide bonds. The third-order valence-electron chi connectivity index (χ3n) is 5.80. The smallest absolute Gasteiger partial charge is 0.317 e. The third kappa shape index (κ3) is 6.59. The van der Waals surface area contributed by atoms with E-state index in [-0.39, 0.29) is 6.03 Å². The van der Waals surface area contributed by atoms with Gasteiger partial charge in [0.25, 0.3) is 0 Å². The molecule has 1 aromatic carbocycles. The molecule has 2 unspecified atom stereocenters. The number of hydrogen-bond acceptors (Lipinski definition) is 6. The highest BCUT2D eigenvalue weighted by Gasteiger charge is 2.41. The van der Waals surface area contributed by atoms with Crippen molar-refractivity contribution in [3.8, 4) is 6.07 Å². The lowest BCUT2D eigenvalue weighted by Gasteiger charge is -2.22. The number of fused-ring (bicyclic) bond motifs is 1. The van der Waals surface area contributed by atoms with Gasteiger partial charge in [-0.3, -0.25) is 0 Å². The minimum absolute atomic E-state index is 0.0258. The van der Waals surface area contributed by atoms with E-state index in [2.05, 4.69) is 21.6 Å². The topological polar surface area (TPSA) is 89.9 Å². The van der Waals surface area contributed by atoms with Crippen molar-refractivity contribution in [2.75, 3.05) is 78.1 Å². The summed E-state index contributed by atoms with van der Waals surface area (Å²) in [6, 6.07) is 9.72. The van der Waals surface area contributed by atoms with Gasteiger partial charge in [-0.05, 0) is 49.1 Å². The summed E-state index contributed by atoms with van der Waals surface area (Å²) >= 11 is 0. The molecule has 30 heavy (non-hydrogen) atoms. The lowest BCUT2D eigenvalue weighted by Crippen LogP contribution is -2.41. The fourth-order valence-electron chi connectivity index (χ4n) is 4.22. The SMILES string of the molecule is COCCOCCNC(=O)N1CC2CN(CCCNc3ccc(C#N)cc3)CC2C1. The molecule has 2 N–H and O–H groups in total. The monoisotopic (exact) mass is 415 g/mol. The Labute approximate surface area is 179 Å². The molecule has 0 aromatic heterocycles. The van der Waals surface area contributed by atoms with E-state index in [4.69, 9.17) is 14.7 Å². The van der Waals surface area contributed by atoms with Crippen LogP contribution in [-0.2, 0) is 9.47 Å². The zero-order valence-electron chi connectivity index (χ0n) is 17.8. The van der Waals surface area contributed by atoms with Gasteiger partial charge in [-0.15, -0.1) is 0 Å². The van der Waals surface area contributed by atoms with Gasteiger partial charge in [0.05, 0.1) is 31.5 Å². The minimum atomic E-state index is 0.0258. The fraction of sp³-hybridized carbons (Fsp3) is 0.636. The molecule has 2 heterocycles. The Morgan fingerprint density at radius 1 is 1.10 bits per heavy atom. The van der Waals surface area contributed by atoms with Gasteiger partial charge in [-0.2, -0.15) is 5.26 Å². The van der Waals surface area contributed by atoms with E-state index in [1.165, 1.54) is 0 Å². The summed E-state index contributed by atoms with van der Waals surface area (Å²) in [6.45, 7) is 8.01. The molecule has 3 rings (SSSR count). The van der Waals surface area contributed by atoms with Gasteiger partial charge in [-0.1, -0.05) is 0 Å². The van der Waals surface area contributed by atoms with Gasteiger partial charge in [0.15, 0.2) is 0 Å². The van der Waals surface area contributed by atoms with Gasteiger partial charge in [0, 0.05) is 52.1 Å². The van der Waals surface area contributed by atoms with Crippen LogP contribution >= 0.6 is 0 Å². The van der Waals surface area contributed by atoms with E-state index in [9.17, 15) is 4.79 Å². The summed E-state index contributed by atoms with van der Waals surface area (Å²) in [6.07, 6.45) is 1.08. The number of methoxy groups -OCH3 is 1. The van der Waals surface area contributed by atoms with Crippen molar-refractivity contribution in [1.29, 1.82) is 5.26 Å². The highest BCUT2D eigenvalue weighted by molar-refractivity contribution is 5.74. The van der Waals surface area contributed by atoms with Crippen LogP contribution in [0.1, 0.15) is 12.0 Å². The van der Waals surface area contributed by atoms with Crippen LogP contribution in [0, 0.1) is 23.2 Å². The van der Waals surface area contributed by atoms with E-state index >= 15 is 0 Å². The fourth-order valence-corrected chi connectivity index (χ4v) is 4.22. The number of amides is 2. The molecule has 2 atom stereocenters. The maximum atomic E-state index is 12.3. The second-order valence-corrected chi connectivity index (χ2v) is 7.99. The van der Waals surface area contributed by atoms with Crippen LogP contribution in [0.3, 0.4) is 0 Å². The minimum Gasteiger partial charge on any atom is -0.385 e. The number of likely N-dealkylation sites (tertiary alicyclic amines) is 2. The van der Waals surface area contributed by atoms with Crippen molar-refractivity contribution < 1.29 is 14.3 Å². The van der Waals surface area contributed by atoms with E-state index in [1.807, 2.05) is 29.2 Å². The normalized spacial score (nSPS) is 20.7. The summed E-state index contributed by atoms with van der Waals surface area (Å²) in [7, 11) is 1.64. The lowest BCUT2D eigenvalue weighted by molar-refractivity contribution is 0.0721. The van der Waals surface area contributed by atoms with Gasteiger partial charge >= 0.3 is 6.03 Å². The van der Waals surface area contributed by atoms with Gasteiger partial charge in [-0.25, -0.2) is 4.79 Å². The number of nitriles is 1. The quantitative estimate of drug-likeness (QED) is 0.534. The second-order valence-electron chi connectivity index (χ2n) is 7.99. The Hall–Kier alpha value is -2.34. The molecule has 0 bridgehead atoms. The molecule has 1 aromatic rings. The van der Waals surface area contributed by atoms with Gasteiger partial charge in [0.2, 0.25) is 0 Å². The van der Waals surface area contributed by atoms with Crippen LogP contribution in [0.4, 0.5) is 10.5 Å². The van der Waals surface area contributed by atoms with Crippen LogP contribution in [0.2, 0.25) is 0 Å². The van der Waals surface area contributed by atoms with E-state index < -0.39 is 0 Å². The molecule has 8 nitrogen and oxygen atoms in total. The number of carbonyl (C=O) groups is 1. The Balaban J connectivity index is 1.26. The molecule has 164 valence electrons. The zero-order chi connectivity index (χ0) is 21.2. The van der Waals surface area contributed by atoms with Crippen LogP contribution < -0.4 is 10.6 Å². The maximum absolute atomic E-state index is 12.3. The molecule has 2 saturated heterocycles. The first-order valence-electron chi connectivity index (χ1n) is 10.8. The molecular formula is C22H33N5O3. The Kier molecular flexibility index (Phi) is 8.75. The first kappa shape index (κ1) is 22.3. The number of nitrogens with zero attached hydrogens (tertiary/aromatic N) is 3. The van der Waals surface area contributed by atoms with Gasteiger partial charge < -0.3 is 29.9 Å². The average Bonchev–Trinajstić information content (AvgIpc) is 3.33. The molecule has 2 fully saturated rings. The summed E-state index contributed by atoms with van der Waals surface area (Å²) in [4.78, 5) is 16.8. The predicted octanol–water partition coefficient (Wildman–Crippen LogP) is 1.60. The van der Waals surface area contributed by atoms with E-state index in [0.29, 0.717) is 43.8 Å². The van der Waals surface area contributed by atoms with Crippen molar-refractivity contribution in [2.24, 2.45) is 11.8 Å². The summed E-state index contributed by atoms with van der Waals surface area (Å²) < 4.78 is 10.3. The van der Waals surface area contributed by atoms with Crippen LogP contribution in [0.25, 0.3) is 0 Å². The number of anilines is 1. The lowest BCUT2D eigenvalue weighted by atomic mass is 10.0. The van der Waals surface area contributed by atoms with Crippen LogP contribution in [0.5, 0.6) is 0 Å². The average molecular weight is 416 g/mol. The Morgan fingerprint density at radius 2 is 1.83 bits per heavy atom. The number of nitrogens with one attached hydrogen (secondary N) is 2. The largest absolute Gasteiger partial charge is 0.385 e. The molecule has 2 aliphatic heterocycles. The molecule has 2 aliphatic rings. The second kappa shape index (κ2) is 11.7. The molecule has 0 saturated carbocycles. The highest BCUT2D eigenvalue weighted by Crippen LogP contribution is 2.31. The van der Waals surface area contributed by atoms with Crippen molar-refractivity contribution >= 4 is 11.7 Å². The number of ether oxygens (including phenoxy) is 2. The first-order valence-corrected chi connectivity index (χ1v) is 10.8. The highest BCUT2D eigenvalue weighted by atomic mass is 16.5. The molecule has 0 radical (unpaired) electrons. The zero-order valence-corrected chi connectivity index (χ0v) is 17.8. The number of urea groups is 1. The number of carbonyl (C=O) groups excluding carboxylic acids is 1. The van der Waals surface area contributed by atoms with Crippen LogP contribution in [-0.4, -0.2) is 88.6 Å². The van der Waals surface area contributed by atoms with Crippen molar-refractivity contribution in [1.82, 2.24) is 15.1 Å². The molecular weight excluding hydrogens is 382 g/mol. The summed E-state index contributed by atoms with van der Waals surface area (Å²) in [5, 5.41) is 15.2.